The molecule has 0 amide bonds. The first-order valence-electron chi connectivity index (χ1n) is 5.35. The van der Waals surface area contributed by atoms with Crippen molar-refractivity contribution >= 4 is 23.0 Å². The number of hydrogen-bond acceptors (Lipinski definition) is 2. The fraction of sp³-hybridized carbons (Fsp3) is 0.231. The molecule has 3 heteroatoms. The van der Waals surface area contributed by atoms with Gasteiger partial charge in [-0.1, -0.05) is 42.5 Å². The van der Waals surface area contributed by atoms with Gasteiger partial charge in [0.15, 0.2) is 5.78 Å². The molecule has 0 radical (unpaired) electrons. The number of ketones is 1. The van der Waals surface area contributed by atoms with E-state index < -0.39 is 0 Å². The van der Waals surface area contributed by atoms with Crippen molar-refractivity contribution in [2.45, 2.75) is 19.3 Å². The van der Waals surface area contributed by atoms with Gasteiger partial charge in [-0.25, -0.2) is 0 Å². The third-order valence-corrected chi connectivity index (χ3v) is 2.85. The average molecular weight is 231 g/mol. The lowest BCUT2D eigenvalue weighted by Crippen LogP contribution is -2.24. The highest BCUT2D eigenvalue weighted by molar-refractivity contribution is 7.80. The first kappa shape index (κ1) is 11.0. The highest BCUT2D eigenvalue weighted by atomic mass is 32.1. The molecular formula is C13H13NOS. The second-order valence-corrected chi connectivity index (χ2v) is 4.22. The van der Waals surface area contributed by atoms with E-state index in [1.807, 2.05) is 30.3 Å². The van der Waals surface area contributed by atoms with Gasteiger partial charge >= 0.3 is 0 Å². The third-order valence-electron chi connectivity index (χ3n) is 2.51. The maximum Gasteiger partial charge on any atom is 0.157 e. The molecule has 1 aromatic rings. The van der Waals surface area contributed by atoms with Crippen LogP contribution in [0.15, 0.2) is 42.1 Å². The summed E-state index contributed by atoms with van der Waals surface area (Å²) in [4.78, 5) is 11.9. The molecular weight excluding hydrogens is 218 g/mol. The van der Waals surface area contributed by atoms with Crippen molar-refractivity contribution in [2.75, 3.05) is 0 Å². The summed E-state index contributed by atoms with van der Waals surface area (Å²) in [5.41, 5.74) is 1.92. The van der Waals surface area contributed by atoms with E-state index in [9.17, 15) is 4.79 Å². The van der Waals surface area contributed by atoms with Crippen molar-refractivity contribution in [1.29, 1.82) is 0 Å². The second kappa shape index (κ2) is 5.03. The Kier molecular flexibility index (Phi) is 3.47. The van der Waals surface area contributed by atoms with Crippen LogP contribution in [0.1, 0.15) is 24.8 Å². The molecule has 1 N–H and O–H groups in total. The molecule has 16 heavy (non-hydrogen) atoms. The summed E-state index contributed by atoms with van der Waals surface area (Å²) in [5.74, 6) is 0.185. The van der Waals surface area contributed by atoms with Crippen molar-refractivity contribution < 1.29 is 4.79 Å². The summed E-state index contributed by atoms with van der Waals surface area (Å²) in [6, 6.07) is 9.77. The number of thiocarbonyl (C=S) groups is 1. The normalized spacial score (nSPS) is 15.5. The first-order chi connectivity index (χ1) is 7.75. The molecule has 1 aliphatic carbocycles. The molecule has 0 heterocycles. The summed E-state index contributed by atoms with van der Waals surface area (Å²) in [6.07, 6.45) is 4.13. The predicted molar refractivity (Wildman–Crippen MR) is 68.2 cm³/mol. The molecule has 0 atom stereocenters. The van der Waals surface area contributed by atoms with Gasteiger partial charge in [0.2, 0.25) is 0 Å². The molecule has 0 unspecified atom stereocenters. The number of allylic oxidation sites excluding steroid dienone is 2. The summed E-state index contributed by atoms with van der Waals surface area (Å²) in [7, 11) is 0. The molecule has 0 fully saturated rings. The second-order valence-electron chi connectivity index (χ2n) is 3.81. The van der Waals surface area contributed by atoms with Crippen LogP contribution >= 0.6 is 12.2 Å². The van der Waals surface area contributed by atoms with E-state index in [1.54, 1.807) is 6.08 Å². The van der Waals surface area contributed by atoms with E-state index in [1.165, 1.54) is 0 Å². The molecule has 1 aliphatic rings. The highest BCUT2D eigenvalue weighted by Crippen LogP contribution is 2.13. The fourth-order valence-electron chi connectivity index (χ4n) is 1.70. The Morgan fingerprint density at radius 1 is 1.19 bits per heavy atom. The van der Waals surface area contributed by atoms with Crippen molar-refractivity contribution in [2.24, 2.45) is 0 Å². The van der Waals surface area contributed by atoms with Crippen LogP contribution in [0, 0.1) is 0 Å². The quantitative estimate of drug-likeness (QED) is 0.793. The van der Waals surface area contributed by atoms with E-state index in [4.69, 9.17) is 12.2 Å². The van der Waals surface area contributed by atoms with Crippen molar-refractivity contribution in [3.05, 3.63) is 47.7 Å². The minimum Gasteiger partial charge on any atom is -0.349 e. The topological polar surface area (TPSA) is 29.1 Å². The van der Waals surface area contributed by atoms with Gasteiger partial charge in [-0.2, -0.15) is 0 Å². The number of rotatable bonds is 2. The number of carbonyl (C=O) groups excluding carboxylic acids is 1. The number of benzene rings is 1. The Balaban J connectivity index is 2.05. The molecule has 82 valence electrons. The van der Waals surface area contributed by atoms with Gasteiger partial charge in [0.05, 0.1) is 0 Å². The van der Waals surface area contributed by atoms with Gasteiger partial charge < -0.3 is 5.32 Å². The maximum atomic E-state index is 11.2. The zero-order valence-electron chi connectivity index (χ0n) is 8.90. The smallest absolute Gasteiger partial charge is 0.157 e. The van der Waals surface area contributed by atoms with Crippen molar-refractivity contribution in [3.63, 3.8) is 0 Å². The van der Waals surface area contributed by atoms with Crippen LogP contribution in [-0.4, -0.2) is 10.8 Å². The lowest BCUT2D eigenvalue weighted by atomic mass is 10.0. The molecule has 0 bridgehead atoms. The van der Waals surface area contributed by atoms with Crippen LogP contribution in [-0.2, 0) is 4.79 Å². The lowest BCUT2D eigenvalue weighted by Gasteiger charge is -2.15. The zero-order chi connectivity index (χ0) is 11.4. The van der Waals surface area contributed by atoms with Crippen LogP contribution in [0.3, 0.4) is 0 Å². The molecule has 0 spiro atoms. The molecule has 2 nitrogen and oxygen atoms in total. The molecule has 0 aromatic heterocycles. The van der Waals surface area contributed by atoms with Gasteiger partial charge in [0, 0.05) is 23.8 Å². The fourth-order valence-corrected chi connectivity index (χ4v) is 1.97. The minimum atomic E-state index is 0.185. The minimum absolute atomic E-state index is 0.185. The van der Waals surface area contributed by atoms with Crippen LogP contribution < -0.4 is 5.32 Å². The van der Waals surface area contributed by atoms with Gasteiger partial charge in [-0.15, -0.1) is 0 Å². The largest absolute Gasteiger partial charge is 0.349 e. The van der Waals surface area contributed by atoms with Crippen LogP contribution in [0.4, 0.5) is 0 Å². The van der Waals surface area contributed by atoms with E-state index in [0.717, 1.165) is 24.1 Å². The lowest BCUT2D eigenvalue weighted by molar-refractivity contribution is -0.115. The standard InChI is InChI=1S/C13H13NOS/c15-12-8-4-7-11(9-12)14-13(16)10-5-2-1-3-6-10/h1-3,5-6,9H,4,7-8H2,(H,14,16). The molecule has 0 aliphatic heterocycles. The number of carbonyl (C=O) groups is 1. The van der Waals surface area contributed by atoms with Gasteiger partial charge in [0.25, 0.3) is 0 Å². The molecule has 0 saturated heterocycles. The Morgan fingerprint density at radius 3 is 2.62 bits per heavy atom. The van der Waals surface area contributed by atoms with Gasteiger partial charge in [0.1, 0.15) is 4.99 Å². The summed E-state index contributed by atoms with van der Waals surface area (Å²) in [5, 5.41) is 3.14. The molecule has 2 rings (SSSR count). The average Bonchev–Trinajstić information content (AvgIpc) is 2.30. The highest BCUT2D eigenvalue weighted by Gasteiger charge is 2.11. The molecule has 1 aromatic carbocycles. The SMILES string of the molecule is O=C1C=C(NC(=S)c2ccccc2)CCC1. The summed E-state index contributed by atoms with van der Waals surface area (Å²) in [6.45, 7) is 0. The summed E-state index contributed by atoms with van der Waals surface area (Å²) < 4.78 is 0. The van der Waals surface area contributed by atoms with Gasteiger partial charge in [-0.3, -0.25) is 4.79 Å². The monoisotopic (exact) mass is 231 g/mol. The third kappa shape index (κ3) is 2.76. The van der Waals surface area contributed by atoms with E-state index in [2.05, 4.69) is 5.32 Å². The molecule has 0 saturated carbocycles. The zero-order valence-corrected chi connectivity index (χ0v) is 9.72. The Bertz CT molecular complexity index is 437. The van der Waals surface area contributed by atoms with Crippen molar-refractivity contribution in [1.82, 2.24) is 5.32 Å². The van der Waals surface area contributed by atoms with Crippen LogP contribution in [0.5, 0.6) is 0 Å². The number of nitrogens with one attached hydrogen (secondary N) is 1. The Hall–Kier alpha value is -1.48. The number of hydrogen-bond donors (Lipinski definition) is 1. The van der Waals surface area contributed by atoms with Gasteiger partial charge in [-0.05, 0) is 12.8 Å². The predicted octanol–water partition coefficient (Wildman–Crippen LogP) is 2.59. The first-order valence-corrected chi connectivity index (χ1v) is 5.76. The van der Waals surface area contributed by atoms with Crippen LogP contribution in [0.2, 0.25) is 0 Å². The van der Waals surface area contributed by atoms with E-state index in [-0.39, 0.29) is 5.78 Å². The maximum absolute atomic E-state index is 11.2. The van der Waals surface area contributed by atoms with Crippen molar-refractivity contribution in [3.8, 4) is 0 Å². The Labute approximate surface area is 100 Å². The van der Waals surface area contributed by atoms with E-state index >= 15 is 0 Å². The Morgan fingerprint density at radius 2 is 1.94 bits per heavy atom. The van der Waals surface area contributed by atoms with Crippen LogP contribution in [0.25, 0.3) is 0 Å². The summed E-state index contributed by atoms with van der Waals surface area (Å²) >= 11 is 5.28. The van der Waals surface area contributed by atoms with E-state index in [0.29, 0.717) is 11.4 Å².